The van der Waals surface area contributed by atoms with Crippen LogP contribution in [0, 0.1) is 17.5 Å². The van der Waals surface area contributed by atoms with Crippen molar-refractivity contribution in [2.24, 2.45) is 0 Å². The molecule has 1 aromatic heterocycles. The normalized spacial score (nSPS) is 11.7. The number of halogens is 4. The molecule has 22 heavy (non-hydrogen) atoms. The first-order valence-electron chi connectivity index (χ1n) is 5.99. The minimum absolute atomic E-state index is 0.00645. The van der Waals surface area contributed by atoms with E-state index >= 15 is 0 Å². The molecule has 0 aliphatic rings. The van der Waals surface area contributed by atoms with Gasteiger partial charge in [-0.05, 0) is 36.8 Å². The molecule has 0 aliphatic heterocycles. The Labute approximate surface area is 131 Å². The molecule has 2 aromatic rings. The van der Waals surface area contributed by atoms with Crippen LogP contribution < -0.4 is 5.56 Å². The highest BCUT2D eigenvalue weighted by atomic mass is 32.2. The van der Waals surface area contributed by atoms with E-state index in [9.17, 15) is 22.4 Å². The maximum absolute atomic E-state index is 14.1. The van der Waals surface area contributed by atoms with Crippen LogP contribution in [0.1, 0.15) is 5.56 Å². The molecule has 118 valence electrons. The fourth-order valence-corrected chi connectivity index (χ4v) is 2.81. The van der Waals surface area contributed by atoms with E-state index in [0.717, 1.165) is 12.1 Å². The third kappa shape index (κ3) is 4.20. The predicted molar refractivity (Wildman–Crippen MR) is 79.2 cm³/mol. The van der Waals surface area contributed by atoms with Crippen molar-refractivity contribution in [1.29, 1.82) is 0 Å². The standard InChI is InChI=1S/C13H10F4N2OS2/c1-6-2-8(14)7(3-10(6)22-5-13(15,16)17)9-4-11(20)19-12(21)18-9/h2-4H,5H2,1H3,(H2,18,19,20,21). The first-order valence-corrected chi connectivity index (χ1v) is 7.39. The third-order valence-corrected chi connectivity index (χ3v) is 4.13. The summed E-state index contributed by atoms with van der Waals surface area (Å²) in [4.78, 5) is 16.6. The lowest BCUT2D eigenvalue weighted by Crippen LogP contribution is -2.11. The van der Waals surface area contributed by atoms with Crippen LogP contribution in [0.3, 0.4) is 0 Å². The van der Waals surface area contributed by atoms with E-state index in [1.165, 1.54) is 13.0 Å². The number of aryl methyl sites for hydroxylation is 1. The van der Waals surface area contributed by atoms with E-state index in [4.69, 9.17) is 12.2 Å². The van der Waals surface area contributed by atoms with Gasteiger partial charge in [0.2, 0.25) is 0 Å². The van der Waals surface area contributed by atoms with Gasteiger partial charge < -0.3 is 4.98 Å². The second-order valence-corrected chi connectivity index (χ2v) is 5.93. The van der Waals surface area contributed by atoms with Crippen molar-refractivity contribution in [2.45, 2.75) is 18.0 Å². The molecule has 0 spiro atoms. The van der Waals surface area contributed by atoms with Gasteiger partial charge in [0.25, 0.3) is 5.56 Å². The molecule has 0 saturated heterocycles. The van der Waals surface area contributed by atoms with Crippen molar-refractivity contribution in [1.82, 2.24) is 9.97 Å². The van der Waals surface area contributed by atoms with Crippen molar-refractivity contribution in [2.75, 3.05) is 5.75 Å². The molecule has 0 atom stereocenters. The highest BCUT2D eigenvalue weighted by Gasteiger charge is 2.27. The van der Waals surface area contributed by atoms with Crippen LogP contribution in [0.5, 0.6) is 0 Å². The van der Waals surface area contributed by atoms with Gasteiger partial charge >= 0.3 is 6.18 Å². The smallest absolute Gasteiger partial charge is 0.332 e. The largest absolute Gasteiger partial charge is 0.398 e. The summed E-state index contributed by atoms with van der Waals surface area (Å²) in [5.74, 6) is -1.73. The van der Waals surface area contributed by atoms with Crippen molar-refractivity contribution in [3.05, 3.63) is 44.7 Å². The van der Waals surface area contributed by atoms with Gasteiger partial charge in [-0.15, -0.1) is 11.8 Å². The van der Waals surface area contributed by atoms with Crippen molar-refractivity contribution >= 4 is 24.0 Å². The number of hydrogen-bond donors (Lipinski definition) is 2. The van der Waals surface area contributed by atoms with Gasteiger partial charge in [0, 0.05) is 16.5 Å². The Bertz CT molecular complexity index is 783. The van der Waals surface area contributed by atoms with Gasteiger partial charge in [0.1, 0.15) is 5.82 Å². The van der Waals surface area contributed by atoms with E-state index < -0.39 is 23.3 Å². The number of alkyl halides is 3. The topological polar surface area (TPSA) is 48.6 Å². The third-order valence-electron chi connectivity index (χ3n) is 2.71. The monoisotopic (exact) mass is 350 g/mol. The summed E-state index contributed by atoms with van der Waals surface area (Å²) in [6.45, 7) is 1.52. The van der Waals surface area contributed by atoms with Gasteiger partial charge in [-0.2, -0.15) is 13.2 Å². The van der Waals surface area contributed by atoms with Crippen molar-refractivity contribution in [3.63, 3.8) is 0 Å². The molecule has 0 radical (unpaired) electrons. The lowest BCUT2D eigenvalue weighted by molar-refractivity contribution is -0.105. The zero-order valence-electron chi connectivity index (χ0n) is 11.2. The van der Waals surface area contributed by atoms with E-state index in [1.807, 2.05) is 0 Å². The van der Waals surface area contributed by atoms with Crippen LogP contribution in [0.2, 0.25) is 0 Å². The summed E-state index contributed by atoms with van der Waals surface area (Å²) in [5.41, 5.74) is -0.0326. The summed E-state index contributed by atoms with van der Waals surface area (Å²) in [6.07, 6.45) is -4.32. The summed E-state index contributed by atoms with van der Waals surface area (Å²) < 4.78 is 51.0. The Morgan fingerprint density at radius 1 is 1.23 bits per heavy atom. The second-order valence-electron chi connectivity index (χ2n) is 4.50. The quantitative estimate of drug-likeness (QED) is 0.495. The van der Waals surface area contributed by atoms with E-state index in [0.29, 0.717) is 17.3 Å². The zero-order chi connectivity index (χ0) is 16.5. The van der Waals surface area contributed by atoms with Crippen LogP contribution in [-0.2, 0) is 0 Å². The number of H-pyrrole nitrogens is 2. The van der Waals surface area contributed by atoms with Crippen LogP contribution >= 0.6 is 24.0 Å². The summed E-state index contributed by atoms with van der Waals surface area (Å²) in [7, 11) is 0. The number of nitrogens with one attached hydrogen (secondary N) is 2. The van der Waals surface area contributed by atoms with E-state index in [1.54, 1.807) is 0 Å². The molecule has 0 unspecified atom stereocenters. The van der Waals surface area contributed by atoms with E-state index in [2.05, 4.69) is 9.97 Å². The van der Waals surface area contributed by atoms with Gasteiger partial charge in [0.05, 0.1) is 11.4 Å². The lowest BCUT2D eigenvalue weighted by atomic mass is 10.1. The van der Waals surface area contributed by atoms with Gasteiger partial charge in [-0.1, -0.05) is 0 Å². The molecule has 9 heteroatoms. The van der Waals surface area contributed by atoms with Crippen LogP contribution in [0.4, 0.5) is 17.6 Å². The van der Waals surface area contributed by atoms with Crippen LogP contribution in [0.15, 0.2) is 27.9 Å². The lowest BCUT2D eigenvalue weighted by Gasteiger charge is -2.11. The van der Waals surface area contributed by atoms with Crippen LogP contribution in [0.25, 0.3) is 11.3 Å². The number of hydrogen-bond acceptors (Lipinski definition) is 3. The molecule has 1 heterocycles. The highest BCUT2D eigenvalue weighted by molar-refractivity contribution is 7.99. The Hall–Kier alpha value is -1.61. The first kappa shape index (κ1) is 16.8. The Balaban J connectivity index is 2.48. The molecule has 0 bridgehead atoms. The predicted octanol–water partition coefficient (Wildman–Crippen LogP) is 4.20. The molecular formula is C13H10F4N2OS2. The summed E-state index contributed by atoms with van der Waals surface area (Å²) in [5, 5.41) is 0. The molecule has 2 N–H and O–H groups in total. The fraction of sp³-hybridized carbons (Fsp3) is 0.231. The summed E-state index contributed by atoms with van der Waals surface area (Å²) in [6, 6.07) is 3.51. The van der Waals surface area contributed by atoms with Gasteiger partial charge in [0.15, 0.2) is 4.77 Å². The molecule has 0 aliphatic carbocycles. The van der Waals surface area contributed by atoms with Crippen molar-refractivity contribution in [3.8, 4) is 11.3 Å². The maximum atomic E-state index is 14.1. The molecule has 0 amide bonds. The zero-order valence-corrected chi connectivity index (χ0v) is 12.8. The molecular weight excluding hydrogens is 340 g/mol. The molecule has 1 aromatic carbocycles. The number of thioether (sulfide) groups is 1. The summed E-state index contributed by atoms with van der Waals surface area (Å²) >= 11 is 5.36. The number of aromatic amines is 2. The maximum Gasteiger partial charge on any atom is 0.398 e. The molecule has 0 saturated carbocycles. The molecule has 3 nitrogen and oxygen atoms in total. The fourth-order valence-electron chi connectivity index (χ4n) is 1.79. The molecule has 0 fully saturated rings. The number of rotatable bonds is 3. The average molecular weight is 350 g/mol. The van der Waals surface area contributed by atoms with E-state index in [-0.39, 0.29) is 20.9 Å². The van der Waals surface area contributed by atoms with Gasteiger partial charge in [-0.25, -0.2) is 4.39 Å². The Kier molecular flexibility index (Phi) is 4.76. The SMILES string of the molecule is Cc1cc(F)c(-c2cc(=O)[nH]c(=S)[nH]2)cc1SCC(F)(F)F. The van der Waals surface area contributed by atoms with Crippen molar-refractivity contribution < 1.29 is 17.6 Å². The second kappa shape index (κ2) is 6.25. The highest BCUT2D eigenvalue weighted by Crippen LogP contribution is 2.33. The minimum Gasteiger partial charge on any atom is -0.332 e. The first-order chi connectivity index (χ1) is 10.2. The average Bonchev–Trinajstić information content (AvgIpc) is 2.35. The Morgan fingerprint density at radius 2 is 1.91 bits per heavy atom. The molecule has 2 rings (SSSR count). The Morgan fingerprint density at radius 3 is 2.50 bits per heavy atom. The van der Waals surface area contributed by atoms with Gasteiger partial charge in [-0.3, -0.25) is 9.78 Å². The number of aromatic nitrogens is 2. The van der Waals surface area contributed by atoms with Crippen LogP contribution in [-0.4, -0.2) is 21.9 Å². The number of benzene rings is 1. The minimum atomic E-state index is -4.32.